The van der Waals surface area contributed by atoms with Crippen molar-refractivity contribution >= 4 is 27.6 Å². The van der Waals surface area contributed by atoms with Gasteiger partial charge in [-0.25, -0.2) is 18.4 Å². The van der Waals surface area contributed by atoms with Crippen molar-refractivity contribution in [3.63, 3.8) is 0 Å². The van der Waals surface area contributed by atoms with Crippen LogP contribution in [0.5, 0.6) is 0 Å². The molecule has 1 amide bonds. The lowest BCUT2D eigenvalue weighted by Crippen LogP contribution is -2.42. The number of nitrogens with two attached hydrogens (primary N) is 1. The third kappa shape index (κ3) is 7.38. The van der Waals surface area contributed by atoms with Crippen molar-refractivity contribution in [1.82, 2.24) is 14.3 Å². The molecule has 7 nitrogen and oxygen atoms in total. The molecule has 17 heteroatoms. The molecule has 1 aromatic heterocycles. The zero-order chi connectivity index (χ0) is 32.7. The van der Waals surface area contributed by atoms with Crippen molar-refractivity contribution in [3.05, 3.63) is 77.1 Å². The SMILES string of the molecule is NC(=O)/C(=C/c1ccnc(-c2cc(C(F)(F)F)cc(C(F)(F)F)c2)n1)c1cccc(S(=O)(=O)N2CCC(C(F)(F)F)CC2)c1. The fourth-order valence-corrected chi connectivity index (χ4v) is 6.03. The number of primary amides is 1. The first-order valence-corrected chi connectivity index (χ1v) is 14.0. The minimum Gasteiger partial charge on any atom is -0.366 e. The van der Waals surface area contributed by atoms with Crippen molar-refractivity contribution in [2.24, 2.45) is 11.7 Å². The number of hydrogen-bond donors (Lipinski definition) is 1. The maximum Gasteiger partial charge on any atom is 0.416 e. The summed E-state index contributed by atoms with van der Waals surface area (Å²) < 4.78 is 146. The van der Waals surface area contributed by atoms with E-state index in [1.807, 2.05) is 0 Å². The van der Waals surface area contributed by atoms with E-state index in [1.54, 1.807) is 0 Å². The number of carbonyl (C=O) groups excluding carboxylic acids is 1. The van der Waals surface area contributed by atoms with Gasteiger partial charge in [0.15, 0.2) is 5.82 Å². The smallest absolute Gasteiger partial charge is 0.366 e. The van der Waals surface area contributed by atoms with Gasteiger partial charge in [-0.2, -0.15) is 43.8 Å². The fraction of sp³-hybridized carbons (Fsp3) is 0.296. The Balaban J connectivity index is 1.70. The number of amides is 1. The molecule has 0 aliphatic carbocycles. The van der Waals surface area contributed by atoms with Crippen LogP contribution in [-0.4, -0.2) is 47.9 Å². The zero-order valence-electron chi connectivity index (χ0n) is 22.1. The number of sulfonamides is 1. The van der Waals surface area contributed by atoms with E-state index in [0.717, 1.165) is 22.6 Å². The van der Waals surface area contributed by atoms with Crippen LogP contribution in [0.2, 0.25) is 0 Å². The molecule has 1 fully saturated rings. The van der Waals surface area contributed by atoms with Gasteiger partial charge in [0, 0.05) is 30.4 Å². The predicted octanol–water partition coefficient (Wildman–Crippen LogP) is 6.17. The minimum atomic E-state index is -5.12. The summed E-state index contributed by atoms with van der Waals surface area (Å²) in [7, 11) is -4.28. The summed E-state index contributed by atoms with van der Waals surface area (Å²) in [5.41, 5.74) is 1.13. The highest BCUT2D eigenvalue weighted by molar-refractivity contribution is 7.89. The molecule has 4 rings (SSSR count). The van der Waals surface area contributed by atoms with Crippen LogP contribution in [0.15, 0.2) is 59.6 Å². The van der Waals surface area contributed by atoms with Gasteiger partial charge in [0.1, 0.15) is 0 Å². The maximum absolute atomic E-state index is 13.3. The fourth-order valence-electron chi connectivity index (χ4n) is 4.52. The van der Waals surface area contributed by atoms with Crippen molar-refractivity contribution in [3.8, 4) is 11.4 Å². The Hall–Kier alpha value is -3.99. The van der Waals surface area contributed by atoms with Crippen molar-refractivity contribution in [2.45, 2.75) is 36.3 Å². The van der Waals surface area contributed by atoms with Crippen molar-refractivity contribution in [1.29, 1.82) is 0 Å². The second-order valence-corrected chi connectivity index (χ2v) is 11.7. The van der Waals surface area contributed by atoms with Crippen LogP contribution in [0.3, 0.4) is 0 Å². The molecule has 2 heterocycles. The van der Waals surface area contributed by atoms with Gasteiger partial charge in [-0.1, -0.05) is 12.1 Å². The van der Waals surface area contributed by atoms with Crippen LogP contribution < -0.4 is 5.73 Å². The van der Waals surface area contributed by atoms with E-state index in [4.69, 9.17) is 5.73 Å². The second kappa shape index (κ2) is 11.8. The van der Waals surface area contributed by atoms with Gasteiger partial charge in [0.25, 0.3) is 0 Å². The summed E-state index contributed by atoms with van der Waals surface area (Å²) in [5, 5.41) is 0. The molecule has 0 spiro atoms. The Labute approximate surface area is 244 Å². The molecule has 1 aliphatic heterocycles. The quantitative estimate of drug-likeness (QED) is 0.253. The molecule has 2 aromatic carbocycles. The Morgan fingerprint density at radius 1 is 0.886 bits per heavy atom. The van der Waals surface area contributed by atoms with E-state index in [-0.39, 0.29) is 40.9 Å². The maximum atomic E-state index is 13.3. The molecule has 3 aromatic rings. The number of halogens is 9. The van der Waals surface area contributed by atoms with Crippen LogP contribution in [0.4, 0.5) is 39.5 Å². The number of hydrogen-bond acceptors (Lipinski definition) is 5. The van der Waals surface area contributed by atoms with E-state index in [0.29, 0.717) is 12.1 Å². The molecule has 0 bridgehead atoms. The Kier molecular flexibility index (Phi) is 8.85. The van der Waals surface area contributed by atoms with E-state index in [1.165, 1.54) is 24.3 Å². The average Bonchev–Trinajstić information content (AvgIpc) is 2.94. The minimum absolute atomic E-state index is 0.0534. The van der Waals surface area contributed by atoms with Gasteiger partial charge in [-0.05, 0) is 60.9 Å². The first-order chi connectivity index (χ1) is 20.3. The van der Waals surface area contributed by atoms with Gasteiger partial charge in [0.2, 0.25) is 15.9 Å². The highest BCUT2D eigenvalue weighted by atomic mass is 32.2. The standard InChI is InChI=1S/C27H21F9N4O3S/c28-25(29,30)17-5-8-40(9-6-17)44(42,43)21-3-1-2-15(12-21)22(23(37)41)14-20-4-7-38-24(39-20)16-10-18(26(31,32)33)13-19(11-16)27(34,35)36/h1-4,7,10-14,17H,5-6,8-9H2,(H2,37,41)/b22-14+. The van der Waals surface area contributed by atoms with Crippen LogP contribution in [0, 0.1) is 5.92 Å². The van der Waals surface area contributed by atoms with Crippen LogP contribution in [-0.2, 0) is 27.2 Å². The molecule has 0 radical (unpaired) electrons. The average molecular weight is 653 g/mol. The Morgan fingerprint density at radius 3 is 2.00 bits per heavy atom. The molecular formula is C27H21F9N4O3S. The van der Waals surface area contributed by atoms with Crippen molar-refractivity contribution < 1.29 is 52.7 Å². The molecule has 1 aliphatic rings. The van der Waals surface area contributed by atoms with Gasteiger partial charge in [-0.3, -0.25) is 4.79 Å². The number of aromatic nitrogens is 2. The third-order valence-corrected chi connectivity index (χ3v) is 8.67. The molecule has 2 N–H and O–H groups in total. The molecule has 0 unspecified atom stereocenters. The lowest BCUT2D eigenvalue weighted by molar-refractivity contribution is -0.182. The predicted molar refractivity (Wildman–Crippen MR) is 139 cm³/mol. The molecule has 1 saturated heterocycles. The van der Waals surface area contributed by atoms with Crippen LogP contribution in [0.25, 0.3) is 23.0 Å². The third-order valence-electron chi connectivity index (χ3n) is 6.78. The first kappa shape index (κ1) is 32.9. The van der Waals surface area contributed by atoms with Gasteiger partial charge in [-0.15, -0.1) is 0 Å². The summed E-state index contributed by atoms with van der Waals surface area (Å²) in [6.45, 7) is -0.769. The summed E-state index contributed by atoms with van der Waals surface area (Å²) in [6, 6.07) is 6.77. The second-order valence-electron chi connectivity index (χ2n) is 9.77. The highest BCUT2D eigenvalue weighted by Crippen LogP contribution is 2.39. The van der Waals surface area contributed by atoms with Crippen molar-refractivity contribution in [2.75, 3.05) is 13.1 Å². The monoisotopic (exact) mass is 652 g/mol. The first-order valence-electron chi connectivity index (χ1n) is 12.6. The van der Waals surface area contributed by atoms with E-state index in [2.05, 4.69) is 9.97 Å². The molecule has 236 valence electrons. The van der Waals surface area contributed by atoms with Crippen LogP contribution >= 0.6 is 0 Å². The topological polar surface area (TPSA) is 106 Å². The number of alkyl halides is 9. The molecule has 0 saturated carbocycles. The lowest BCUT2D eigenvalue weighted by Gasteiger charge is -2.32. The zero-order valence-corrected chi connectivity index (χ0v) is 22.9. The lowest BCUT2D eigenvalue weighted by atomic mass is 9.98. The normalized spacial score (nSPS) is 16.2. The molecular weight excluding hydrogens is 631 g/mol. The van der Waals surface area contributed by atoms with E-state index < -0.39 is 75.7 Å². The number of carbonyl (C=O) groups is 1. The van der Waals surface area contributed by atoms with Gasteiger partial charge < -0.3 is 5.73 Å². The van der Waals surface area contributed by atoms with Gasteiger partial charge >= 0.3 is 18.5 Å². The summed E-state index contributed by atoms with van der Waals surface area (Å²) in [6.07, 6.45) is -13.5. The number of piperidine rings is 1. The Bertz CT molecular complexity index is 1660. The Morgan fingerprint density at radius 2 is 1.48 bits per heavy atom. The summed E-state index contributed by atoms with van der Waals surface area (Å²) in [5.74, 6) is -3.28. The van der Waals surface area contributed by atoms with Crippen LogP contribution in [0.1, 0.15) is 35.2 Å². The van der Waals surface area contributed by atoms with E-state index in [9.17, 15) is 52.7 Å². The van der Waals surface area contributed by atoms with Gasteiger partial charge in [0.05, 0.1) is 27.6 Å². The number of benzene rings is 2. The highest BCUT2D eigenvalue weighted by Gasteiger charge is 2.43. The number of nitrogens with zero attached hydrogens (tertiary/aromatic N) is 3. The molecule has 0 atom stereocenters. The summed E-state index contributed by atoms with van der Waals surface area (Å²) in [4.78, 5) is 19.7. The molecule has 44 heavy (non-hydrogen) atoms. The largest absolute Gasteiger partial charge is 0.416 e. The summed E-state index contributed by atoms with van der Waals surface area (Å²) >= 11 is 0. The number of rotatable bonds is 6. The van der Waals surface area contributed by atoms with E-state index >= 15 is 0 Å².